The molecule has 0 saturated heterocycles. The molecule has 164 valence electrons. The van der Waals surface area contributed by atoms with E-state index in [1.54, 1.807) is 0 Å². The van der Waals surface area contributed by atoms with Crippen LogP contribution in [0.25, 0.3) is 43.8 Å². The highest BCUT2D eigenvalue weighted by Crippen LogP contribution is 2.57. The number of hydrogen-bond donors (Lipinski definition) is 0. The van der Waals surface area contributed by atoms with Gasteiger partial charge in [0.25, 0.3) is 0 Å². The van der Waals surface area contributed by atoms with E-state index in [0.29, 0.717) is 0 Å². The van der Waals surface area contributed by atoms with Crippen LogP contribution in [0.3, 0.4) is 0 Å². The van der Waals surface area contributed by atoms with E-state index in [0.717, 1.165) is 0 Å². The predicted octanol–water partition coefficient (Wildman–Crippen LogP) is 9.34. The summed E-state index contributed by atoms with van der Waals surface area (Å²) < 4.78 is 0. The minimum atomic E-state index is 1.44. The van der Waals surface area contributed by atoms with Crippen LogP contribution in [0, 0.1) is 83.1 Å². The van der Waals surface area contributed by atoms with E-state index in [2.05, 4.69) is 83.1 Å². The van der Waals surface area contributed by atoms with Gasteiger partial charge < -0.3 is 0 Å². The molecule has 0 heteroatoms. The summed E-state index contributed by atoms with van der Waals surface area (Å²) >= 11 is 0. The molecule has 1 aliphatic carbocycles. The lowest BCUT2D eigenvalue weighted by molar-refractivity contribution is 1.24. The standard InChI is InChI=1S/C32H36/c1-13-14(2)18(6)27-24(12)31-29-22(10)16(4)20(8)25-19(7)15(3)21(9)28(32(25)29)30(31)23(11)26(27)17(13)5/h1-12H3. The number of benzene rings is 4. The van der Waals surface area contributed by atoms with Crippen LogP contribution in [0.15, 0.2) is 0 Å². The van der Waals surface area contributed by atoms with Gasteiger partial charge in [0.15, 0.2) is 0 Å². The minimum Gasteiger partial charge on any atom is -0.0444 e. The summed E-state index contributed by atoms with van der Waals surface area (Å²) in [6, 6.07) is 0. The Morgan fingerprint density at radius 1 is 0.188 bits per heavy atom. The van der Waals surface area contributed by atoms with Crippen molar-refractivity contribution in [1.82, 2.24) is 0 Å². The van der Waals surface area contributed by atoms with Gasteiger partial charge in [-0.25, -0.2) is 0 Å². The zero-order valence-corrected chi connectivity index (χ0v) is 22.0. The Hall–Kier alpha value is -2.60. The van der Waals surface area contributed by atoms with Crippen LogP contribution in [-0.4, -0.2) is 0 Å². The summed E-state index contributed by atoms with van der Waals surface area (Å²) in [5.74, 6) is 0. The van der Waals surface area contributed by atoms with Crippen molar-refractivity contribution in [1.29, 1.82) is 0 Å². The van der Waals surface area contributed by atoms with Gasteiger partial charge in [-0.15, -0.1) is 0 Å². The average Bonchev–Trinajstić information content (AvgIpc) is 3.11. The lowest BCUT2D eigenvalue weighted by Crippen LogP contribution is -2.01. The highest BCUT2D eigenvalue weighted by atomic mass is 14.4. The van der Waals surface area contributed by atoms with Gasteiger partial charge in [-0.05, 0) is 194 Å². The zero-order chi connectivity index (χ0) is 23.5. The van der Waals surface area contributed by atoms with Crippen molar-refractivity contribution >= 4 is 21.5 Å². The summed E-state index contributed by atoms with van der Waals surface area (Å²) in [5, 5.41) is 5.95. The highest BCUT2D eigenvalue weighted by molar-refractivity contribution is 6.23. The average molecular weight is 421 g/mol. The van der Waals surface area contributed by atoms with Crippen molar-refractivity contribution in [3.63, 3.8) is 0 Å². The first-order valence-electron chi connectivity index (χ1n) is 12.0. The molecule has 0 nitrogen and oxygen atoms in total. The fourth-order valence-corrected chi connectivity index (χ4v) is 6.84. The molecule has 0 aromatic heterocycles. The molecule has 0 spiro atoms. The SMILES string of the molecule is Cc1c(C)c(C)c2c(C)c3c(c(C)c2c1C)-c1c(C)c(C)c(C)c2c(C)c(C)c(C)c-3c12. The van der Waals surface area contributed by atoms with Gasteiger partial charge >= 0.3 is 0 Å². The van der Waals surface area contributed by atoms with Crippen molar-refractivity contribution in [3.8, 4) is 22.3 Å². The summed E-state index contributed by atoms with van der Waals surface area (Å²) in [5.41, 5.74) is 23.4. The normalized spacial score (nSPS) is 12.4. The van der Waals surface area contributed by atoms with Crippen molar-refractivity contribution < 1.29 is 0 Å². The van der Waals surface area contributed by atoms with E-state index in [1.807, 2.05) is 0 Å². The molecule has 4 aromatic rings. The molecule has 32 heavy (non-hydrogen) atoms. The molecule has 0 fully saturated rings. The molecule has 0 unspecified atom stereocenters. The van der Waals surface area contributed by atoms with E-state index in [4.69, 9.17) is 0 Å². The molecule has 1 aliphatic rings. The van der Waals surface area contributed by atoms with Crippen LogP contribution in [0.5, 0.6) is 0 Å². The van der Waals surface area contributed by atoms with Gasteiger partial charge in [0, 0.05) is 0 Å². The molecule has 0 amide bonds. The van der Waals surface area contributed by atoms with E-state index in [1.165, 1.54) is 111 Å². The smallest absolute Gasteiger partial charge is 0.00151 e. The van der Waals surface area contributed by atoms with E-state index in [9.17, 15) is 0 Å². The Morgan fingerprint density at radius 3 is 0.750 bits per heavy atom. The van der Waals surface area contributed by atoms with Crippen molar-refractivity contribution in [3.05, 3.63) is 66.8 Å². The molecule has 0 heterocycles. The van der Waals surface area contributed by atoms with Crippen LogP contribution in [-0.2, 0) is 0 Å². The van der Waals surface area contributed by atoms with Gasteiger partial charge in [0.05, 0.1) is 0 Å². The molecule has 0 N–H and O–H groups in total. The van der Waals surface area contributed by atoms with Gasteiger partial charge in [0.1, 0.15) is 0 Å². The van der Waals surface area contributed by atoms with Crippen molar-refractivity contribution in [2.75, 3.05) is 0 Å². The molecule has 4 aromatic carbocycles. The van der Waals surface area contributed by atoms with Crippen LogP contribution in [0.2, 0.25) is 0 Å². The molecule has 0 aliphatic heterocycles. The second-order valence-electron chi connectivity index (χ2n) is 10.5. The Bertz CT molecular complexity index is 1440. The lowest BCUT2D eigenvalue weighted by atomic mass is 9.81. The first kappa shape index (κ1) is 21.3. The van der Waals surface area contributed by atoms with Gasteiger partial charge in [-0.3, -0.25) is 0 Å². The quantitative estimate of drug-likeness (QED) is 0.234. The number of hydrogen-bond acceptors (Lipinski definition) is 0. The van der Waals surface area contributed by atoms with Crippen LogP contribution >= 0.6 is 0 Å². The lowest BCUT2D eigenvalue weighted by Gasteiger charge is -2.23. The summed E-state index contributed by atoms with van der Waals surface area (Å²) in [6.07, 6.45) is 0. The summed E-state index contributed by atoms with van der Waals surface area (Å²) in [6.45, 7) is 28.0. The molecular weight excluding hydrogens is 384 g/mol. The molecule has 0 radical (unpaired) electrons. The van der Waals surface area contributed by atoms with Crippen molar-refractivity contribution in [2.45, 2.75) is 83.1 Å². The monoisotopic (exact) mass is 420 g/mol. The fraction of sp³-hybridized carbons (Fsp3) is 0.375. The third-order valence-corrected chi connectivity index (χ3v) is 9.44. The maximum absolute atomic E-state index is 2.38. The number of fused-ring (bicyclic) bond motifs is 4. The molecule has 0 atom stereocenters. The fourth-order valence-electron chi connectivity index (χ4n) is 6.84. The maximum atomic E-state index is 2.38. The summed E-state index contributed by atoms with van der Waals surface area (Å²) in [4.78, 5) is 0. The second kappa shape index (κ2) is 6.47. The van der Waals surface area contributed by atoms with Gasteiger partial charge in [0.2, 0.25) is 0 Å². The number of rotatable bonds is 0. The summed E-state index contributed by atoms with van der Waals surface area (Å²) in [7, 11) is 0. The van der Waals surface area contributed by atoms with E-state index >= 15 is 0 Å². The topological polar surface area (TPSA) is 0 Å². The molecule has 5 rings (SSSR count). The Morgan fingerprint density at radius 2 is 0.438 bits per heavy atom. The second-order valence-corrected chi connectivity index (χ2v) is 10.5. The van der Waals surface area contributed by atoms with Gasteiger partial charge in [-0.1, -0.05) is 0 Å². The Kier molecular flexibility index (Phi) is 4.30. The maximum Gasteiger partial charge on any atom is -0.00151 e. The van der Waals surface area contributed by atoms with E-state index in [-0.39, 0.29) is 0 Å². The van der Waals surface area contributed by atoms with Crippen LogP contribution in [0.4, 0.5) is 0 Å². The highest BCUT2D eigenvalue weighted by Gasteiger charge is 2.33. The molecular formula is C32H36. The first-order chi connectivity index (χ1) is 14.9. The van der Waals surface area contributed by atoms with Crippen LogP contribution < -0.4 is 0 Å². The number of aryl methyl sites for hydroxylation is 6. The Balaban J connectivity index is 2.20. The Labute approximate surface area is 193 Å². The first-order valence-corrected chi connectivity index (χ1v) is 12.0. The van der Waals surface area contributed by atoms with E-state index < -0.39 is 0 Å². The van der Waals surface area contributed by atoms with Gasteiger partial charge in [-0.2, -0.15) is 0 Å². The minimum absolute atomic E-state index is 1.44. The van der Waals surface area contributed by atoms with Crippen molar-refractivity contribution in [2.24, 2.45) is 0 Å². The molecule has 0 saturated carbocycles. The van der Waals surface area contributed by atoms with Crippen LogP contribution in [0.1, 0.15) is 66.8 Å². The third-order valence-electron chi connectivity index (χ3n) is 9.44. The largest absolute Gasteiger partial charge is 0.0444 e. The zero-order valence-electron chi connectivity index (χ0n) is 22.0. The molecule has 0 bridgehead atoms. The third kappa shape index (κ3) is 2.19. The predicted molar refractivity (Wildman–Crippen MR) is 143 cm³/mol.